The first-order chi connectivity index (χ1) is 9.69. The number of hydrogen-bond donors (Lipinski definition) is 2. The van der Waals surface area contributed by atoms with Gasteiger partial charge in [0.05, 0.1) is 12.1 Å². The molecule has 20 heavy (non-hydrogen) atoms. The van der Waals surface area contributed by atoms with E-state index >= 15 is 0 Å². The predicted octanol–water partition coefficient (Wildman–Crippen LogP) is 2.11. The van der Waals surface area contributed by atoms with Crippen LogP contribution in [0.3, 0.4) is 0 Å². The molecule has 4 heteroatoms. The maximum atomic E-state index is 12.0. The molecule has 0 aliphatic carbocycles. The summed E-state index contributed by atoms with van der Waals surface area (Å²) in [5, 5.41) is 11.7. The highest BCUT2D eigenvalue weighted by atomic mass is 16.2. The summed E-state index contributed by atoms with van der Waals surface area (Å²) in [6.07, 6.45) is 2.59. The number of amides is 1. The Balaban J connectivity index is 1.96. The van der Waals surface area contributed by atoms with Crippen molar-refractivity contribution in [3.63, 3.8) is 0 Å². The van der Waals surface area contributed by atoms with Crippen molar-refractivity contribution < 1.29 is 9.90 Å². The van der Waals surface area contributed by atoms with Gasteiger partial charge in [0.1, 0.15) is 0 Å². The average molecular weight is 270 g/mol. The molecule has 0 aliphatic rings. The maximum Gasteiger partial charge on any atom is 0.230 e. The fourth-order valence-corrected chi connectivity index (χ4v) is 1.94. The third kappa shape index (κ3) is 3.90. The normalized spacial score (nSPS) is 10.3. The van der Waals surface area contributed by atoms with E-state index in [0.29, 0.717) is 6.42 Å². The highest BCUT2D eigenvalue weighted by Crippen LogP contribution is 2.11. The number of carbonyl (C=O) groups is 1. The van der Waals surface area contributed by atoms with Crippen molar-refractivity contribution in [1.82, 2.24) is 4.98 Å². The lowest BCUT2D eigenvalue weighted by Gasteiger charge is -2.07. The quantitative estimate of drug-likeness (QED) is 0.874. The van der Waals surface area contributed by atoms with Crippen LogP contribution in [-0.4, -0.2) is 22.6 Å². The van der Waals surface area contributed by atoms with Gasteiger partial charge in [-0.15, -0.1) is 0 Å². The number of carbonyl (C=O) groups excluding carboxylic acids is 1. The molecule has 1 aromatic heterocycles. The molecule has 0 radical (unpaired) electrons. The number of aliphatic hydroxyl groups is 1. The molecular formula is C16H18N2O2. The van der Waals surface area contributed by atoms with Crippen molar-refractivity contribution in [1.29, 1.82) is 0 Å². The van der Waals surface area contributed by atoms with Gasteiger partial charge in [0.25, 0.3) is 0 Å². The van der Waals surface area contributed by atoms with E-state index in [1.807, 2.05) is 43.3 Å². The Hall–Kier alpha value is -2.20. The van der Waals surface area contributed by atoms with E-state index in [4.69, 9.17) is 5.11 Å². The molecule has 0 unspecified atom stereocenters. The summed E-state index contributed by atoms with van der Waals surface area (Å²) in [4.78, 5) is 16.2. The van der Waals surface area contributed by atoms with E-state index < -0.39 is 0 Å². The molecule has 0 saturated heterocycles. The van der Waals surface area contributed by atoms with Crippen LogP contribution in [0, 0.1) is 6.92 Å². The Labute approximate surface area is 118 Å². The van der Waals surface area contributed by atoms with E-state index in [1.54, 1.807) is 6.20 Å². The first kappa shape index (κ1) is 14.2. The van der Waals surface area contributed by atoms with Crippen LogP contribution in [0.4, 0.5) is 5.69 Å². The standard InChI is InChI=1S/C16H18N2O2/c1-12-3-2-9-17-15(12)11-16(20)18-14-6-4-13(5-7-14)8-10-19/h2-7,9,19H,8,10-11H2,1H3,(H,18,20). The Morgan fingerprint density at radius 3 is 2.65 bits per heavy atom. The molecule has 0 fully saturated rings. The van der Waals surface area contributed by atoms with Gasteiger partial charge < -0.3 is 10.4 Å². The predicted molar refractivity (Wildman–Crippen MR) is 78.5 cm³/mol. The van der Waals surface area contributed by atoms with Gasteiger partial charge in [-0.2, -0.15) is 0 Å². The van der Waals surface area contributed by atoms with E-state index in [9.17, 15) is 4.79 Å². The molecule has 0 saturated carbocycles. The van der Waals surface area contributed by atoms with Crippen molar-refractivity contribution >= 4 is 11.6 Å². The number of aromatic nitrogens is 1. The minimum Gasteiger partial charge on any atom is -0.396 e. The topological polar surface area (TPSA) is 62.2 Å². The third-order valence-corrected chi connectivity index (χ3v) is 3.08. The lowest BCUT2D eigenvalue weighted by atomic mass is 10.1. The molecule has 104 valence electrons. The zero-order chi connectivity index (χ0) is 14.4. The van der Waals surface area contributed by atoms with Gasteiger partial charge in [0.2, 0.25) is 5.91 Å². The van der Waals surface area contributed by atoms with Gasteiger partial charge in [0.15, 0.2) is 0 Å². The summed E-state index contributed by atoms with van der Waals surface area (Å²) in [5.74, 6) is -0.0818. The molecule has 0 aliphatic heterocycles. The highest BCUT2D eigenvalue weighted by molar-refractivity contribution is 5.92. The number of aryl methyl sites for hydroxylation is 1. The summed E-state index contributed by atoms with van der Waals surface area (Å²) in [6, 6.07) is 11.3. The summed E-state index contributed by atoms with van der Waals surface area (Å²) in [7, 11) is 0. The van der Waals surface area contributed by atoms with Crippen molar-refractivity contribution in [2.45, 2.75) is 19.8 Å². The van der Waals surface area contributed by atoms with Gasteiger partial charge in [-0.3, -0.25) is 9.78 Å². The minimum absolute atomic E-state index is 0.0818. The Kier molecular flexibility index (Phi) is 4.85. The molecule has 4 nitrogen and oxygen atoms in total. The SMILES string of the molecule is Cc1cccnc1CC(=O)Nc1ccc(CCO)cc1. The second kappa shape index (κ2) is 6.82. The van der Waals surface area contributed by atoms with Crippen molar-refractivity contribution in [2.24, 2.45) is 0 Å². The van der Waals surface area contributed by atoms with Gasteiger partial charge in [0, 0.05) is 18.5 Å². The summed E-state index contributed by atoms with van der Waals surface area (Å²) in [5.41, 5.74) is 3.61. The summed E-state index contributed by atoms with van der Waals surface area (Å²) in [6.45, 7) is 2.07. The van der Waals surface area contributed by atoms with Gasteiger partial charge in [-0.25, -0.2) is 0 Å². The highest BCUT2D eigenvalue weighted by Gasteiger charge is 2.07. The lowest BCUT2D eigenvalue weighted by molar-refractivity contribution is -0.115. The third-order valence-electron chi connectivity index (χ3n) is 3.08. The Morgan fingerprint density at radius 1 is 1.25 bits per heavy atom. The number of nitrogens with zero attached hydrogens (tertiary/aromatic N) is 1. The first-order valence-electron chi connectivity index (χ1n) is 6.59. The van der Waals surface area contributed by atoms with Crippen molar-refractivity contribution in [3.8, 4) is 0 Å². The number of rotatable bonds is 5. The smallest absolute Gasteiger partial charge is 0.230 e. The second-order valence-corrected chi connectivity index (χ2v) is 4.66. The minimum atomic E-state index is -0.0818. The van der Waals surface area contributed by atoms with E-state index in [1.165, 1.54) is 0 Å². The van der Waals surface area contributed by atoms with Crippen molar-refractivity contribution in [2.75, 3.05) is 11.9 Å². The molecule has 1 aromatic carbocycles. The largest absolute Gasteiger partial charge is 0.396 e. The van der Waals surface area contributed by atoms with Gasteiger partial charge >= 0.3 is 0 Å². The summed E-state index contributed by atoms with van der Waals surface area (Å²) < 4.78 is 0. The number of anilines is 1. The van der Waals surface area contributed by atoms with E-state index in [2.05, 4.69) is 10.3 Å². The average Bonchev–Trinajstić information content (AvgIpc) is 2.44. The summed E-state index contributed by atoms with van der Waals surface area (Å²) >= 11 is 0. The van der Waals surface area contributed by atoms with E-state index in [-0.39, 0.29) is 18.9 Å². The Bertz CT molecular complexity index is 579. The number of benzene rings is 1. The number of nitrogens with one attached hydrogen (secondary N) is 1. The molecule has 0 bridgehead atoms. The van der Waals surface area contributed by atoms with Gasteiger partial charge in [-0.05, 0) is 42.7 Å². The number of aliphatic hydroxyl groups excluding tert-OH is 1. The van der Waals surface area contributed by atoms with Crippen molar-refractivity contribution in [3.05, 3.63) is 59.4 Å². The van der Waals surface area contributed by atoms with Crippen LogP contribution in [0.1, 0.15) is 16.8 Å². The molecule has 2 N–H and O–H groups in total. The molecule has 1 heterocycles. The number of hydrogen-bond acceptors (Lipinski definition) is 3. The van der Waals surface area contributed by atoms with Crippen LogP contribution in [-0.2, 0) is 17.6 Å². The molecule has 0 spiro atoms. The molecule has 0 atom stereocenters. The zero-order valence-electron chi connectivity index (χ0n) is 11.5. The lowest BCUT2D eigenvalue weighted by Crippen LogP contribution is -2.15. The maximum absolute atomic E-state index is 12.0. The van der Waals surface area contributed by atoms with Crippen LogP contribution < -0.4 is 5.32 Å². The Morgan fingerprint density at radius 2 is 2.00 bits per heavy atom. The van der Waals surface area contributed by atoms with Crippen LogP contribution in [0.15, 0.2) is 42.6 Å². The fraction of sp³-hybridized carbons (Fsp3) is 0.250. The van der Waals surface area contributed by atoms with Crippen LogP contribution in [0.5, 0.6) is 0 Å². The molecule has 1 amide bonds. The second-order valence-electron chi connectivity index (χ2n) is 4.66. The monoisotopic (exact) mass is 270 g/mol. The zero-order valence-corrected chi connectivity index (χ0v) is 11.5. The molecule has 2 aromatic rings. The first-order valence-corrected chi connectivity index (χ1v) is 6.59. The van der Waals surface area contributed by atoms with E-state index in [0.717, 1.165) is 22.5 Å². The van der Waals surface area contributed by atoms with Gasteiger partial charge in [-0.1, -0.05) is 18.2 Å². The molecular weight excluding hydrogens is 252 g/mol. The number of pyridine rings is 1. The molecule has 2 rings (SSSR count). The fourth-order valence-electron chi connectivity index (χ4n) is 1.94. The van der Waals surface area contributed by atoms with Crippen LogP contribution >= 0.6 is 0 Å². The van der Waals surface area contributed by atoms with Crippen LogP contribution in [0.2, 0.25) is 0 Å². The van der Waals surface area contributed by atoms with Crippen LogP contribution in [0.25, 0.3) is 0 Å².